The van der Waals surface area contributed by atoms with Gasteiger partial charge in [0.25, 0.3) is 0 Å². The van der Waals surface area contributed by atoms with Crippen molar-refractivity contribution in [2.75, 3.05) is 14.2 Å². The molecule has 0 amide bonds. The van der Waals surface area contributed by atoms with Crippen LogP contribution in [0.5, 0.6) is 11.5 Å². The number of fused-ring (bicyclic) bond motifs is 2. The van der Waals surface area contributed by atoms with E-state index in [1.807, 2.05) is 18.2 Å². The Morgan fingerprint density at radius 3 is 2.24 bits per heavy atom. The van der Waals surface area contributed by atoms with Gasteiger partial charge in [-0.1, -0.05) is 17.4 Å². The maximum absolute atomic E-state index is 13.2. The van der Waals surface area contributed by atoms with Gasteiger partial charge in [0.1, 0.15) is 5.75 Å². The van der Waals surface area contributed by atoms with E-state index in [0.29, 0.717) is 23.2 Å². The summed E-state index contributed by atoms with van der Waals surface area (Å²) in [7, 11) is 1.88. The minimum atomic E-state index is -1.40. The van der Waals surface area contributed by atoms with E-state index in [0.717, 1.165) is 11.1 Å². The van der Waals surface area contributed by atoms with Crippen molar-refractivity contribution in [2.24, 2.45) is 11.8 Å². The van der Waals surface area contributed by atoms with Crippen LogP contribution in [-0.2, 0) is 4.57 Å². The summed E-state index contributed by atoms with van der Waals surface area (Å²) in [6.07, 6.45) is 7.63. The average molecular weight is 307 g/mol. The second-order valence-corrected chi connectivity index (χ2v) is 7.97. The molecule has 1 aromatic rings. The number of hydrogen-bond acceptors (Lipinski definition) is 3. The Balaban J connectivity index is 1.91. The van der Waals surface area contributed by atoms with Gasteiger partial charge in [-0.15, -0.1) is 0 Å². The van der Waals surface area contributed by atoms with Crippen molar-refractivity contribution in [1.29, 1.82) is 0 Å². The average Bonchev–Trinajstić information content (AvgIpc) is 2.78. The van der Waals surface area contributed by atoms with Crippen LogP contribution < -0.4 is 14.8 Å². The molecule has 3 nitrogen and oxygen atoms in total. The number of rotatable bonds is 4. The van der Waals surface area contributed by atoms with Gasteiger partial charge in [0.15, 0.2) is 11.4 Å². The highest BCUT2D eigenvalue weighted by atomic mass is 31.1. The zero-order valence-electron chi connectivity index (χ0n) is 12.9. The van der Waals surface area contributed by atoms with Crippen molar-refractivity contribution in [2.45, 2.75) is 44.2 Å². The zero-order valence-corrected chi connectivity index (χ0v) is 13.8. The van der Waals surface area contributed by atoms with E-state index < -0.39 is 7.80 Å². The van der Waals surface area contributed by atoms with Crippen LogP contribution >= 0.6 is 7.80 Å². The Hall–Kier alpha value is -1.08. The van der Waals surface area contributed by atoms with Gasteiger partial charge in [-0.3, -0.25) is 0 Å². The molecular weight excluding hydrogens is 283 g/mol. The van der Waals surface area contributed by atoms with Gasteiger partial charge in [0.2, 0.25) is 5.30 Å². The number of benzene rings is 1. The molecule has 0 aliphatic heterocycles. The second-order valence-electron chi connectivity index (χ2n) is 6.24. The molecule has 114 valence electrons. The highest BCUT2D eigenvalue weighted by Gasteiger charge is 2.50. The van der Waals surface area contributed by atoms with E-state index in [1.54, 1.807) is 14.2 Å². The predicted octanol–water partition coefficient (Wildman–Crippen LogP) is 4.13. The lowest BCUT2D eigenvalue weighted by molar-refractivity contribution is 0.396. The fourth-order valence-corrected chi connectivity index (χ4v) is 6.39. The van der Waals surface area contributed by atoms with Gasteiger partial charge in [-0.25, -0.2) is 0 Å². The van der Waals surface area contributed by atoms with E-state index >= 15 is 0 Å². The van der Waals surface area contributed by atoms with E-state index in [4.69, 9.17) is 9.47 Å². The molecule has 2 aliphatic rings. The molecule has 0 radical (unpaired) electrons. The smallest absolute Gasteiger partial charge is 0.384 e. The molecule has 2 bridgehead atoms. The lowest BCUT2D eigenvalue weighted by Gasteiger charge is -2.13. The van der Waals surface area contributed by atoms with Crippen LogP contribution in [0.3, 0.4) is 0 Å². The van der Waals surface area contributed by atoms with Crippen LogP contribution in [0.25, 0.3) is 0 Å². The van der Waals surface area contributed by atoms with Gasteiger partial charge in [-0.05, 0) is 37.8 Å². The van der Waals surface area contributed by atoms with E-state index in [1.165, 1.54) is 38.5 Å². The van der Waals surface area contributed by atoms with E-state index in [-0.39, 0.29) is 0 Å². The summed E-state index contributed by atoms with van der Waals surface area (Å²) in [5, 5.41) is 0.872. The van der Waals surface area contributed by atoms with Gasteiger partial charge in [0.05, 0.1) is 14.2 Å². The molecule has 1 aromatic carbocycles. The van der Waals surface area contributed by atoms with Crippen molar-refractivity contribution in [1.82, 2.24) is 0 Å². The summed E-state index contributed by atoms with van der Waals surface area (Å²) in [6, 6.07) is 5.67. The first-order chi connectivity index (χ1) is 10.2. The van der Waals surface area contributed by atoms with E-state index in [9.17, 15) is 4.57 Å². The first-order valence-electron chi connectivity index (χ1n) is 7.93. The van der Waals surface area contributed by atoms with Crippen LogP contribution in [-0.4, -0.2) is 19.9 Å². The van der Waals surface area contributed by atoms with E-state index in [2.05, 4.69) is 0 Å². The minimum Gasteiger partial charge on any atom is -0.497 e. The van der Waals surface area contributed by atoms with Gasteiger partial charge in [-0.2, -0.15) is 0 Å². The molecule has 0 N–H and O–H groups in total. The highest BCUT2D eigenvalue weighted by molar-refractivity contribution is 7.54. The molecule has 3 rings (SSSR count). The van der Waals surface area contributed by atoms with Gasteiger partial charge >= 0.3 is 7.80 Å². The lowest BCUT2D eigenvalue weighted by Crippen LogP contribution is -2.20. The van der Waals surface area contributed by atoms with Crippen molar-refractivity contribution in [3.63, 3.8) is 0 Å². The highest BCUT2D eigenvalue weighted by Crippen LogP contribution is 2.52. The van der Waals surface area contributed by atoms with Crippen LogP contribution in [0.1, 0.15) is 38.5 Å². The summed E-state index contributed by atoms with van der Waals surface area (Å²) in [4.78, 5) is 0. The lowest BCUT2D eigenvalue weighted by atomic mass is 10.0. The molecule has 0 spiro atoms. The normalized spacial score (nSPS) is 28.9. The predicted molar refractivity (Wildman–Crippen MR) is 85.3 cm³/mol. The zero-order chi connectivity index (χ0) is 14.8. The molecule has 2 aliphatic carbocycles. The quantitative estimate of drug-likeness (QED) is 0.785. The molecule has 2 saturated carbocycles. The van der Waals surface area contributed by atoms with Crippen LogP contribution in [0.2, 0.25) is 0 Å². The Bertz CT molecular complexity index is 515. The fraction of sp³-hybridized carbons (Fsp3) is 0.647. The molecule has 0 heterocycles. The van der Waals surface area contributed by atoms with Crippen molar-refractivity contribution >= 4 is 13.1 Å². The molecule has 21 heavy (non-hydrogen) atoms. The largest absolute Gasteiger partial charge is 0.497 e. The molecule has 4 heteroatoms. The second kappa shape index (κ2) is 6.36. The van der Waals surface area contributed by atoms with Crippen molar-refractivity contribution in [3.05, 3.63) is 18.2 Å². The fourth-order valence-electron chi connectivity index (χ4n) is 4.11. The van der Waals surface area contributed by atoms with Gasteiger partial charge < -0.3 is 9.47 Å². The number of hydrogen-bond donors (Lipinski definition) is 0. The first-order valence-corrected chi connectivity index (χ1v) is 9.26. The molecule has 2 fully saturated rings. The van der Waals surface area contributed by atoms with Crippen LogP contribution in [0.15, 0.2) is 18.2 Å². The van der Waals surface area contributed by atoms with Crippen molar-refractivity contribution < 1.29 is 14.0 Å². The monoisotopic (exact) mass is 307 g/mol. The minimum absolute atomic E-state index is 0.352. The van der Waals surface area contributed by atoms with Crippen LogP contribution in [0, 0.1) is 11.8 Å². The Morgan fingerprint density at radius 2 is 1.67 bits per heavy atom. The number of methoxy groups -OCH3 is 2. The third-order valence-electron chi connectivity index (χ3n) is 5.17. The summed E-state index contributed by atoms with van der Waals surface area (Å²) < 4.78 is 23.9. The standard InChI is InChI=1S/C17H24O3P/c1-19-14-9-10-16(15(11-14)20-2)21(18)17-12-5-3-4-6-13(17)8-7-12/h9-13,17H,3-8H2,1-2H3/q+1. The first kappa shape index (κ1) is 14.8. The maximum Gasteiger partial charge on any atom is 0.384 e. The van der Waals surface area contributed by atoms with Crippen molar-refractivity contribution in [3.8, 4) is 11.5 Å². The number of ether oxygens (including phenoxy) is 2. The maximum atomic E-state index is 13.2. The summed E-state index contributed by atoms with van der Waals surface area (Å²) in [6.45, 7) is 0. The Kier molecular flexibility index (Phi) is 4.49. The Morgan fingerprint density at radius 1 is 1.00 bits per heavy atom. The molecule has 3 unspecified atom stereocenters. The third kappa shape index (κ3) is 2.81. The topological polar surface area (TPSA) is 35.5 Å². The molecule has 0 aromatic heterocycles. The molecule has 0 saturated heterocycles. The Labute approximate surface area is 127 Å². The van der Waals surface area contributed by atoms with Crippen LogP contribution in [0.4, 0.5) is 0 Å². The molecular formula is C17H24O3P+. The summed E-state index contributed by atoms with van der Waals surface area (Å²) >= 11 is 0. The van der Waals surface area contributed by atoms with Gasteiger partial charge in [0, 0.05) is 17.9 Å². The summed E-state index contributed by atoms with van der Waals surface area (Å²) in [5.74, 6) is 2.75. The molecule has 3 atom stereocenters. The SMILES string of the molecule is COc1ccc([P+](=O)C2C3CCCCC2CC3)c(OC)c1. The summed E-state index contributed by atoms with van der Waals surface area (Å²) in [5.41, 5.74) is 0.352. The third-order valence-corrected chi connectivity index (χ3v) is 7.40.